The van der Waals surface area contributed by atoms with Gasteiger partial charge in [0.05, 0.1) is 29.0 Å². The van der Waals surface area contributed by atoms with Crippen LogP contribution in [0.3, 0.4) is 0 Å². The van der Waals surface area contributed by atoms with Crippen LogP contribution in [0.5, 0.6) is 0 Å². The van der Waals surface area contributed by atoms with E-state index in [2.05, 4.69) is 20.6 Å². The average Bonchev–Trinajstić information content (AvgIpc) is 3.28. The largest absolute Gasteiger partial charge is 0.398 e. The first-order valence-corrected chi connectivity index (χ1v) is 9.50. The molecule has 29 heavy (non-hydrogen) atoms. The van der Waals surface area contributed by atoms with Crippen LogP contribution in [0.1, 0.15) is 18.4 Å². The first-order chi connectivity index (χ1) is 13.9. The zero-order valence-corrected chi connectivity index (χ0v) is 15.4. The van der Waals surface area contributed by atoms with E-state index in [-0.39, 0.29) is 24.4 Å². The van der Waals surface area contributed by atoms with E-state index < -0.39 is 17.8 Å². The van der Waals surface area contributed by atoms with Gasteiger partial charge in [-0.15, -0.1) is 0 Å². The Morgan fingerprint density at radius 2 is 2.00 bits per heavy atom. The molecule has 5 rings (SSSR count). The minimum Gasteiger partial charge on any atom is -0.363 e. The summed E-state index contributed by atoms with van der Waals surface area (Å²) in [6, 6.07) is 8.02. The molecule has 0 aromatic carbocycles. The van der Waals surface area contributed by atoms with Gasteiger partial charge in [-0.25, -0.2) is 14.4 Å². The SMILES string of the molecule is F[C@H]1CNC[C@@H]1Nc1cccc(-c2cnc3cc(C4(C(F)(F)F)CC4)ccn23)n1. The topological polar surface area (TPSA) is 54.2 Å². The Labute approximate surface area is 164 Å². The fourth-order valence-corrected chi connectivity index (χ4v) is 3.96. The molecule has 1 saturated heterocycles. The second kappa shape index (κ2) is 6.41. The van der Waals surface area contributed by atoms with Gasteiger partial charge < -0.3 is 10.6 Å². The summed E-state index contributed by atoms with van der Waals surface area (Å²) in [6.07, 6.45) is -1.82. The zero-order valence-electron chi connectivity index (χ0n) is 15.4. The molecular weight excluding hydrogens is 386 g/mol. The second-order valence-electron chi connectivity index (χ2n) is 7.70. The number of fused-ring (bicyclic) bond motifs is 1. The van der Waals surface area contributed by atoms with E-state index in [1.54, 1.807) is 35.0 Å². The minimum atomic E-state index is -4.26. The van der Waals surface area contributed by atoms with Gasteiger partial charge in [0.1, 0.15) is 17.6 Å². The molecule has 5 nitrogen and oxygen atoms in total. The van der Waals surface area contributed by atoms with Crippen LogP contribution in [-0.4, -0.2) is 45.8 Å². The zero-order chi connectivity index (χ0) is 20.2. The molecule has 1 aliphatic heterocycles. The lowest BCUT2D eigenvalue weighted by Crippen LogP contribution is -2.29. The smallest absolute Gasteiger partial charge is 0.363 e. The number of aromatic nitrogens is 3. The Morgan fingerprint density at radius 1 is 1.17 bits per heavy atom. The van der Waals surface area contributed by atoms with Crippen molar-refractivity contribution in [2.24, 2.45) is 0 Å². The summed E-state index contributed by atoms with van der Waals surface area (Å²) in [5.41, 5.74) is 0.223. The van der Waals surface area contributed by atoms with Gasteiger partial charge in [0.2, 0.25) is 0 Å². The van der Waals surface area contributed by atoms with Crippen LogP contribution in [0.25, 0.3) is 17.0 Å². The lowest BCUT2D eigenvalue weighted by Gasteiger charge is -2.19. The molecule has 152 valence electrons. The number of nitrogens with zero attached hydrogens (tertiary/aromatic N) is 3. The van der Waals surface area contributed by atoms with Crippen molar-refractivity contribution in [1.82, 2.24) is 19.7 Å². The molecule has 3 aromatic rings. The highest BCUT2D eigenvalue weighted by Gasteiger charge is 2.64. The summed E-state index contributed by atoms with van der Waals surface area (Å²) >= 11 is 0. The van der Waals surface area contributed by atoms with Gasteiger partial charge in [-0.05, 0) is 42.7 Å². The Morgan fingerprint density at radius 3 is 2.69 bits per heavy atom. The molecule has 0 amide bonds. The highest BCUT2D eigenvalue weighted by atomic mass is 19.4. The highest BCUT2D eigenvalue weighted by molar-refractivity contribution is 5.63. The van der Waals surface area contributed by atoms with Crippen molar-refractivity contribution in [3.05, 3.63) is 48.3 Å². The molecule has 9 heteroatoms. The number of pyridine rings is 2. The first-order valence-electron chi connectivity index (χ1n) is 9.50. The fourth-order valence-electron chi connectivity index (χ4n) is 3.96. The van der Waals surface area contributed by atoms with Gasteiger partial charge in [-0.3, -0.25) is 4.40 Å². The van der Waals surface area contributed by atoms with Crippen molar-refractivity contribution in [3.63, 3.8) is 0 Å². The third-order valence-corrected chi connectivity index (χ3v) is 5.84. The van der Waals surface area contributed by atoms with Gasteiger partial charge >= 0.3 is 6.18 Å². The molecule has 2 atom stereocenters. The second-order valence-corrected chi connectivity index (χ2v) is 7.70. The number of rotatable bonds is 4. The molecule has 0 bridgehead atoms. The molecule has 3 aromatic heterocycles. The Balaban J connectivity index is 1.46. The lowest BCUT2D eigenvalue weighted by molar-refractivity contribution is -0.160. The van der Waals surface area contributed by atoms with Crippen LogP contribution in [0, 0.1) is 0 Å². The molecule has 0 radical (unpaired) electrons. The third-order valence-electron chi connectivity index (χ3n) is 5.84. The van der Waals surface area contributed by atoms with Crippen molar-refractivity contribution < 1.29 is 17.6 Å². The maximum Gasteiger partial charge on any atom is 0.398 e. The van der Waals surface area contributed by atoms with Crippen molar-refractivity contribution in [2.75, 3.05) is 18.4 Å². The summed E-state index contributed by atoms with van der Waals surface area (Å²) in [5, 5.41) is 6.07. The summed E-state index contributed by atoms with van der Waals surface area (Å²) in [7, 11) is 0. The number of hydrogen-bond donors (Lipinski definition) is 2. The van der Waals surface area contributed by atoms with Crippen LogP contribution in [0.2, 0.25) is 0 Å². The van der Waals surface area contributed by atoms with E-state index in [0.29, 0.717) is 35.9 Å². The molecule has 0 unspecified atom stereocenters. The van der Waals surface area contributed by atoms with Crippen molar-refractivity contribution in [2.45, 2.75) is 36.6 Å². The summed E-state index contributed by atoms with van der Waals surface area (Å²) in [6.45, 7) is 0.832. The maximum atomic E-state index is 13.8. The fraction of sp³-hybridized carbons (Fsp3) is 0.400. The molecule has 2 aliphatic rings. The van der Waals surface area contributed by atoms with E-state index in [1.807, 2.05) is 0 Å². The minimum absolute atomic E-state index is 0.112. The van der Waals surface area contributed by atoms with E-state index in [0.717, 1.165) is 0 Å². The molecule has 2 fully saturated rings. The predicted octanol–water partition coefficient (Wildman–Crippen LogP) is 3.71. The normalized spacial score (nSPS) is 23.4. The number of halogens is 4. The molecule has 4 heterocycles. The average molecular weight is 405 g/mol. The number of anilines is 1. The summed E-state index contributed by atoms with van der Waals surface area (Å²) in [4.78, 5) is 8.83. The van der Waals surface area contributed by atoms with Crippen molar-refractivity contribution in [1.29, 1.82) is 0 Å². The summed E-state index contributed by atoms with van der Waals surface area (Å²) < 4.78 is 55.8. The standard InChI is InChI=1S/C20H19F4N5/c21-13-9-25-10-15(13)28-17-3-1-2-14(27-17)16-11-26-18-8-12(4-7-29(16)18)19(5-6-19)20(22,23)24/h1-4,7-8,11,13,15,25H,5-6,9-10H2,(H,27,28)/t13-,15-/m0/s1. The molecular formula is C20H19F4N5. The molecule has 1 saturated carbocycles. The molecule has 2 N–H and O–H groups in total. The van der Waals surface area contributed by atoms with E-state index in [4.69, 9.17) is 0 Å². The van der Waals surface area contributed by atoms with Gasteiger partial charge in [-0.1, -0.05) is 6.07 Å². The Hall–Kier alpha value is -2.68. The van der Waals surface area contributed by atoms with Crippen LogP contribution >= 0.6 is 0 Å². The van der Waals surface area contributed by atoms with E-state index in [9.17, 15) is 17.6 Å². The maximum absolute atomic E-state index is 13.8. The van der Waals surface area contributed by atoms with Gasteiger partial charge in [0.15, 0.2) is 0 Å². The Kier molecular flexibility index (Phi) is 4.06. The van der Waals surface area contributed by atoms with Gasteiger partial charge in [0.25, 0.3) is 0 Å². The number of alkyl halides is 4. The van der Waals surface area contributed by atoms with Crippen LogP contribution in [0.4, 0.5) is 23.4 Å². The Bertz CT molecular complexity index is 1060. The monoisotopic (exact) mass is 405 g/mol. The van der Waals surface area contributed by atoms with Crippen molar-refractivity contribution >= 4 is 11.5 Å². The quantitative estimate of drug-likeness (QED) is 0.650. The van der Waals surface area contributed by atoms with E-state index >= 15 is 0 Å². The first kappa shape index (κ1) is 18.4. The highest BCUT2D eigenvalue weighted by Crippen LogP contribution is 2.58. The van der Waals surface area contributed by atoms with Crippen LogP contribution < -0.4 is 10.6 Å². The third kappa shape index (κ3) is 3.04. The predicted molar refractivity (Wildman–Crippen MR) is 101 cm³/mol. The molecule has 0 spiro atoms. The lowest BCUT2D eigenvalue weighted by atomic mass is 9.96. The van der Waals surface area contributed by atoms with Gasteiger partial charge in [-0.2, -0.15) is 13.2 Å². The number of imidazole rings is 1. The van der Waals surface area contributed by atoms with E-state index in [1.165, 1.54) is 12.1 Å². The molecule has 1 aliphatic carbocycles. The number of hydrogen-bond acceptors (Lipinski definition) is 4. The van der Waals surface area contributed by atoms with Crippen molar-refractivity contribution in [3.8, 4) is 11.4 Å². The summed E-state index contributed by atoms with van der Waals surface area (Å²) in [5.74, 6) is 0.541. The van der Waals surface area contributed by atoms with Crippen LogP contribution in [0.15, 0.2) is 42.7 Å². The van der Waals surface area contributed by atoms with Gasteiger partial charge in [0, 0.05) is 19.3 Å². The number of nitrogens with one attached hydrogen (secondary N) is 2. The van der Waals surface area contributed by atoms with Crippen LogP contribution in [-0.2, 0) is 5.41 Å².